The molecular weight excluding hydrogens is 537 g/mol. The van der Waals surface area contributed by atoms with E-state index in [1.807, 2.05) is 35.4 Å². The fourth-order valence-electron chi connectivity index (χ4n) is 4.68. The van der Waals surface area contributed by atoms with Crippen LogP contribution >= 0.6 is 15.9 Å². The van der Waals surface area contributed by atoms with E-state index in [1.54, 1.807) is 18.2 Å². The van der Waals surface area contributed by atoms with Crippen molar-refractivity contribution < 1.29 is 14.3 Å². The highest BCUT2D eigenvalue weighted by Gasteiger charge is 2.24. The molecule has 0 atom stereocenters. The van der Waals surface area contributed by atoms with E-state index in [4.69, 9.17) is 5.26 Å². The molecule has 1 aliphatic rings. The topological polar surface area (TPSA) is 96.2 Å². The van der Waals surface area contributed by atoms with Crippen molar-refractivity contribution >= 4 is 32.6 Å². The number of aromatic nitrogens is 2. The van der Waals surface area contributed by atoms with E-state index >= 15 is 0 Å². The van der Waals surface area contributed by atoms with Gasteiger partial charge in [-0.25, -0.2) is 9.37 Å². The smallest absolute Gasteiger partial charge is 0.254 e. The highest BCUT2D eigenvalue weighted by Crippen LogP contribution is 2.30. The number of aromatic amines is 1. The number of nitriles is 1. The number of carbonyl (C=O) groups excluding carboxylic acids is 1. The van der Waals surface area contributed by atoms with Gasteiger partial charge in [0.25, 0.3) is 5.91 Å². The summed E-state index contributed by atoms with van der Waals surface area (Å²) in [6.45, 7) is 3.65. The second kappa shape index (κ2) is 10.7. The quantitative estimate of drug-likeness (QED) is 0.357. The molecule has 1 amide bonds. The lowest BCUT2D eigenvalue weighted by molar-refractivity contribution is 0.0640. The van der Waals surface area contributed by atoms with Gasteiger partial charge in [-0.05, 0) is 58.8 Å². The van der Waals surface area contributed by atoms with Gasteiger partial charge in [0.05, 0.1) is 5.56 Å². The number of benzene rings is 3. The van der Waals surface area contributed by atoms with Crippen LogP contribution in [-0.2, 0) is 12.8 Å². The summed E-state index contributed by atoms with van der Waals surface area (Å²) in [5, 5.41) is 20.5. The van der Waals surface area contributed by atoms with E-state index in [2.05, 4.69) is 30.8 Å². The average Bonchev–Trinajstić information content (AvgIpc) is 3.35. The van der Waals surface area contributed by atoms with Crippen molar-refractivity contribution in [1.29, 1.82) is 5.26 Å². The summed E-state index contributed by atoms with van der Waals surface area (Å²) in [5.41, 5.74) is 2.39. The summed E-state index contributed by atoms with van der Waals surface area (Å²) in [5.74, 6) is 0.342. The molecule has 1 aliphatic heterocycles. The molecule has 7 nitrogen and oxygen atoms in total. The van der Waals surface area contributed by atoms with Crippen LogP contribution in [0.2, 0.25) is 0 Å². The molecule has 1 saturated heterocycles. The lowest BCUT2D eigenvalue weighted by Crippen LogP contribution is -2.49. The third-order valence-electron chi connectivity index (χ3n) is 6.74. The fourth-order valence-corrected chi connectivity index (χ4v) is 5.16. The molecule has 9 heteroatoms. The molecule has 2 heterocycles. The van der Waals surface area contributed by atoms with Gasteiger partial charge < -0.3 is 15.0 Å². The van der Waals surface area contributed by atoms with Gasteiger partial charge in [-0.15, -0.1) is 0 Å². The Morgan fingerprint density at radius 2 is 1.92 bits per heavy atom. The van der Waals surface area contributed by atoms with Crippen LogP contribution in [0.25, 0.3) is 10.8 Å². The lowest BCUT2D eigenvalue weighted by Gasteiger charge is -2.35. The van der Waals surface area contributed by atoms with E-state index < -0.39 is 5.82 Å². The zero-order chi connectivity index (χ0) is 25.9. The van der Waals surface area contributed by atoms with Gasteiger partial charge >= 0.3 is 0 Å². The lowest BCUT2D eigenvalue weighted by atomic mass is 10.0. The Kier molecular flexibility index (Phi) is 7.22. The van der Waals surface area contributed by atoms with Crippen LogP contribution in [-0.4, -0.2) is 63.5 Å². The number of nitrogens with one attached hydrogen (secondary N) is 1. The van der Waals surface area contributed by atoms with Gasteiger partial charge in [-0.2, -0.15) is 5.26 Å². The maximum atomic E-state index is 13.9. The summed E-state index contributed by atoms with van der Waals surface area (Å²) in [6.07, 6.45) is 3.06. The van der Waals surface area contributed by atoms with E-state index in [0.717, 1.165) is 58.4 Å². The normalized spacial score (nSPS) is 14.1. The number of halogens is 2. The largest absolute Gasteiger partial charge is 0.508 e. The monoisotopic (exact) mass is 561 g/mol. The number of carbonyl (C=O) groups is 1. The molecule has 37 heavy (non-hydrogen) atoms. The van der Waals surface area contributed by atoms with Gasteiger partial charge in [0.2, 0.25) is 0 Å². The molecular formula is C28H25BrFN5O2. The van der Waals surface area contributed by atoms with Crippen molar-refractivity contribution in [3.05, 3.63) is 93.2 Å². The van der Waals surface area contributed by atoms with Gasteiger partial charge in [0.1, 0.15) is 23.5 Å². The predicted molar refractivity (Wildman–Crippen MR) is 142 cm³/mol. The number of rotatable bonds is 6. The van der Waals surface area contributed by atoms with Crippen molar-refractivity contribution in [1.82, 2.24) is 19.8 Å². The molecule has 3 aromatic carbocycles. The second-order valence-electron chi connectivity index (χ2n) is 9.17. The molecule has 0 aliphatic carbocycles. The van der Waals surface area contributed by atoms with Gasteiger partial charge in [0, 0.05) is 67.5 Å². The van der Waals surface area contributed by atoms with Crippen LogP contribution in [0.15, 0.2) is 59.2 Å². The maximum absolute atomic E-state index is 13.9. The van der Waals surface area contributed by atoms with E-state index in [-0.39, 0.29) is 17.2 Å². The van der Waals surface area contributed by atoms with Crippen LogP contribution in [0.5, 0.6) is 5.75 Å². The van der Waals surface area contributed by atoms with E-state index in [9.17, 15) is 14.3 Å². The number of hydrogen-bond donors (Lipinski definition) is 2. The minimum absolute atomic E-state index is 0.0276. The molecule has 0 unspecified atom stereocenters. The molecule has 188 valence electrons. The SMILES string of the molecule is N#Cc1ccc(Cc2ncc(CCN3CCN(C(=O)c4ccc(Br)c5ccc(O)cc45)CC3)[nH]2)cc1F. The number of piperazine rings is 1. The number of phenols is 1. The molecule has 5 rings (SSSR count). The first-order valence-electron chi connectivity index (χ1n) is 12.1. The van der Waals surface area contributed by atoms with Gasteiger partial charge in [-0.3, -0.25) is 9.69 Å². The number of imidazole rings is 1. The molecule has 2 N–H and O–H groups in total. The minimum atomic E-state index is -0.518. The molecule has 0 saturated carbocycles. The molecule has 0 radical (unpaired) electrons. The van der Waals surface area contributed by atoms with Gasteiger partial charge in [-0.1, -0.05) is 22.0 Å². The minimum Gasteiger partial charge on any atom is -0.508 e. The fraction of sp³-hybridized carbons (Fsp3) is 0.250. The molecule has 0 spiro atoms. The Labute approximate surface area is 222 Å². The average molecular weight is 562 g/mol. The van der Waals surface area contributed by atoms with Crippen LogP contribution < -0.4 is 0 Å². The zero-order valence-electron chi connectivity index (χ0n) is 20.0. The number of phenolic OH excluding ortho intramolecular Hbond substituents is 1. The standard InChI is InChI=1S/C28H25BrFN5O2/c29-25-6-5-23(24-15-21(36)3-4-22(24)25)28(37)35-11-9-34(10-12-35)8-7-20-17-32-27(33-20)14-18-1-2-19(16-31)26(30)13-18/h1-6,13,15,17,36H,7-12,14H2,(H,32,33). The Morgan fingerprint density at radius 3 is 2.68 bits per heavy atom. The van der Waals surface area contributed by atoms with Crippen LogP contribution in [0.4, 0.5) is 4.39 Å². The number of aromatic hydroxyl groups is 1. The summed E-state index contributed by atoms with van der Waals surface area (Å²) < 4.78 is 14.7. The Balaban J connectivity index is 1.15. The van der Waals surface area contributed by atoms with E-state index in [1.165, 1.54) is 12.1 Å². The van der Waals surface area contributed by atoms with E-state index in [0.29, 0.717) is 25.1 Å². The number of fused-ring (bicyclic) bond motifs is 1. The first-order chi connectivity index (χ1) is 17.9. The van der Waals surface area contributed by atoms with Crippen molar-refractivity contribution in [3.63, 3.8) is 0 Å². The number of nitrogens with zero attached hydrogens (tertiary/aromatic N) is 4. The maximum Gasteiger partial charge on any atom is 0.254 e. The molecule has 0 bridgehead atoms. The summed E-state index contributed by atoms with van der Waals surface area (Å²) >= 11 is 3.53. The van der Waals surface area contributed by atoms with Gasteiger partial charge in [0.15, 0.2) is 0 Å². The van der Waals surface area contributed by atoms with Crippen LogP contribution in [0.1, 0.15) is 33.0 Å². The summed E-state index contributed by atoms with van der Waals surface area (Å²) in [4.78, 5) is 25.2. The number of hydrogen-bond acceptors (Lipinski definition) is 5. The first-order valence-corrected chi connectivity index (χ1v) is 12.8. The highest BCUT2D eigenvalue weighted by atomic mass is 79.9. The van der Waals surface area contributed by atoms with Crippen molar-refractivity contribution in [3.8, 4) is 11.8 Å². The Bertz CT molecular complexity index is 1500. The molecule has 1 fully saturated rings. The molecule has 4 aromatic rings. The van der Waals surface area contributed by atoms with Crippen molar-refractivity contribution in [2.75, 3.05) is 32.7 Å². The van der Waals surface area contributed by atoms with Crippen LogP contribution in [0.3, 0.4) is 0 Å². The summed E-state index contributed by atoms with van der Waals surface area (Å²) in [6, 6.07) is 15.2. The Hall–Kier alpha value is -3.74. The predicted octanol–water partition coefficient (Wildman–Crippen LogP) is 4.63. The summed E-state index contributed by atoms with van der Waals surface area (Å²) in [7, 11) is 0. The number of amides is 1. The first kappa shape index (κ1) is 24.9. The van der Waals surface area contributed by atoms with Crippen molar-refractivity contribution in [2.45, 2.75) is 12.8 Å². The highest BCUT2D eigenvalue weighted by molar-refractivity contribution is 9.10. The third-order valence-corrected chi connectivity index (χ3v) is 7.43. The zero-order valence-corrected chi connectivity index (χ0v) is 21.6. The third kappa shape index (κ3) is 5.50. The number of H-pyrrole nitrogens is 1. The Morgan fingerprint density at radius 1 is 1.11 bits per heavy atom. The van der Waals surface area contributed by atoms with Crippen molar-refractivity contribution in [2.24, 2.45) is 0 Å². The second-order valence-corrected chi connectivity index (χ2v) is 10.0. The van der Waals surface area contributed by atoms with Crippen LogP contribution in [0, 0.1) is 17.1 Å². The molecule has 1 aromatic heterocycles.